The summed E-state index contributed by atoms with van der Waals surface area (Å²) >= 11 is 0. The van der Waals surface area contributed by atoms with Crippen molar-refractivity contribution in [1.82, 2.24) is 9.97 Å². The van der Waals surface area contributed by atoms with Crippen LogP contribution in [0.3, 0.4) is 0 Å². The molecule has 1 aromatic heterocycles. The van der Waals surface area contributed by atoms with Gasteiger partial charge in [0, 0.05) is 11.6 Å². The maximum absolute atomic E-state index is 4.43. The van der Waals surface area contributed by atoms with E-state index in [0.717, 1.165) is 17.1 Å². The average molecular weight is 253 g/mol. The summed E-state index contributed by atoms with van der Waals surface area (Å²) in [5.74, 6) is 0.774. The monoisotopic (exact) mass is 253 g/mol. The van der Waals surface area contributed by atoms with Crippen molar-refractivity contribution < 1.29 is 0 Å². The highest BCUT2D eigenvalue weighted by molar-refractivity contribution is 5.55. The zero-order chi connectivity index (χ0) is 13.3. The van der Waals surface area contributed by atoms with Gasteiger partial charge in [-0.15, -0.1) is 0 Å². The molecule has 1 saturated carbocycles. The third-order valence-corrected chi connectivity index (χ3v) is 4.15. The smallest absolute Gasteiger partial charge is 0.159 e. The molecule has 3 rings (SSSR count). The third-order valence-electron chi connectivity index (χ3n) is 4.15. The van der Waals surface area contributed by atoms with E-state index in [-0.39, 0.29) is 0 Å². The Morgan fingerprint density at radius 2 is 1.74 bits per heavy atom. The lowest BCUT2D eigenvalue weighted by atomic mass is 10.0. The van der Waals surface area contributed by atoms with E-state index >= 15 is 0 Å². The summed E-state index contributed by atoms with van der Waals surface area (Å²) in [5, 5.41) is 3.50. The summed E-state index contributed by atoms with van der Waals surface area (Å²) < 4.78 is 0. The van der Waals surface area contributed by atoms with Gasteiger partial charge in [0.1, 0.15) is 0 Å². The van der Waals surface area contributed by atoms with Gasteiger partial charge in [0.2, 0.25) is 0 Å². The van der Waals surface area contributed by atoms with E-state index < -0.39 is 0 Å². The second kappa shape index (κ2) is 4.65. The number of aromatic nitrogens is 2. The molecule has 1 aromatic carbocycles. The molecule has 3 heteroatoms. The summed E-state index contributed by atoms with van der Waals surface area (Å²) in [6, 6.07) is 10.5. The van der Waals surface area contributed by atoms with E-state index in [2.05, 4.69) is 29.1 Å². The Balaban J connectivity index is 1.72. The van der Waals surface area contributed by atoms with Crippen molar-refractivity contribution in [2.24, 2.45) is 5.41 Å². The van der Waals surface area contributed by atoms with Crippen LogP contribution in [0.15, 0.2) is 42.7 Å². The highest BCUT2D eigenvalue weighted by Crippen LogP contribution is 2.48. The summed E-state index contributed by atoms with van der Waals surface area (Å²) in [6.07, 6.45) is 6.36. The van der Waals surface area contributed by atoms with Crippen LogP contribution in [0.25, 0.3) is 11.4 Å². The second-order valence-electron chi connectivity index (χ2n) is 5.68. The maximum atomic E-state index is 4.43. The Hall–Kier alpha value is -1.90. The molecule has 1 aliphatic carbocycles. The lowest BCUT2D eigenvalue weighted by Gasteiger charge is -2.21. The Labute approximate surface area is 114 Å². The fourth-order valence-electron chi connectivity index (χ4n) is 2.19. The molecule has 0 amide bonds. The first-order valence-corrected chi connectivity index (χ1v) is 6.81. The predicted octanol–water partition coefficient (Wildman–Crippen LogP) is 3.74. The number of rotatable bonds is 4. The van der Waals surface area contributed by atoms with Crippen molar-refractivity contribution in [2.75, 3.05) is 5.32 Å². The molecule has 1 fully saturated rings. The molecule has 0 spiro atoms. The minimum Gasteiger partial charge on any atom is -0.380 e. The molecular formula is C16H19N3. The van der Waals surface area contributed by atoms with Crippen LogP contribution >= 0.6 is 0 Å². The molecule has 1 aliphatic rings. The molecule has 0 radical (unpaired) electrons. The van der Waals surface area contributed by atoms with Crippen molar-refractivity contribution in [1.29, 1.82) is 0 Å². The Morgan fingerprint density at radius 1 is 1.11 bits per heavy atom. The largest absolute Gasteiger partial charge is 0.380 e. The van der Waals surface area contributed by atoms with Crippen LogP contribution in [0.5, 0.6) is 0 Å². The quantitative estimate of drug-likeness (QED) is 0.902. The van der Waals surface area contributed by atoms with Gasteiger partial charge in [-0.2, -0.15) is 0 Å². The van der Waals surface area contributed by atoms with Gasteiger partial charge in [0.05, 0.1) is 18.1 Å². The minimum atomic E-state index is 0.456. The molecule has 1 unspecified atom stereocenters. The first-order chi connectivity index (χ1) is 9.17. The van der Waals surface area contributed by atoms with Gasteiger partial charge in [-0.25, -0.2) is 9.97 Å². The average Bonchev–Trinajstić information content (AvgIpc) is 3.20. The van der Waals surface area contributed by atoms with Crippen LogP contribution in [-0.4, -0.2) is 16.0 Å². The first-order valence-electron chi connectivity index (χ1n) is 6.81. The molecule has 19 heavy (non-hydrogen) atoms. The van der Waals surface area contributed by atoms with Crippen LogP contribution < -0.4 is 5.32 Å². The predicted molar refractivity (Wildman–Crippen MR) is 77.9 cm³/mol. The Morgan fingerprint density at radius 3 is 2.32 bits per heavy atom. The first kappa shape index (κ1) is 12.2. The molecule has 1 atom stereocenters. The van der Waals surface area contributed by atoms with Gasteiger partial charge in [-0.3, -0.25) is 0 Å². The fraction of sp³-hybridized carbons (Fsp3) is 0.375. The van der Waals surface area contributed by atoms with E-state index in [1.165, 1.54) is 12.8 Å². The SMILES string of the molecule is CC(Nc1cnc(-c2ccccc2)nc1)C1(C)CC1. The normalized spacial score (nSPS) is 17.8. The van der Waals surface area contributed by atoms with Crippen LogP contribution in [0, 0.1) is 5.41 Å². The number of nitrogens with one attached hydrogen (secondary N) is 1. The minimum absolute atomic E-state index is 0.456. The zero-order valence-corrected chi connectivity index (χ0v) is 11.4. The van der Waals surface area contributed by atoms with Crippen LogP contribution in [0.2, 0.25) is 0 Å². The fourth-order valence-corrected chi connectivity index (χ4v) is 2.19. The Bertz CT molecular complexity index is 544. The summed E-state index contributed by atoms with van der Waals surface area (Å²) in [5.41, 5.74) is 2.51. The van der Waals surface area contributed by atoms with E-state index in [1.807, 2.05) is 42.7 Å². The molecule has 2 aromatic rings. The molecule has 0 aliphatic heterocycles. The maximum Gasteiger partial charge on any atom is 0.159 e. The molecular weight excluding hydrogens is 234 g/mol. The molecule has 3 nitrogen and oxygen atoms in total. The number of benzene rings is 1. The van der Waals surface area contributed by atoms with Crippen molar-refractivity contribution in [3.63, 3.8) is 0 Å². The van der Waals surface area contributed by atoms with E-state index in [1.54, 1.807) is 0 Å². The number of hydrogen-bond acceptors (Lipinski definition) is 3. The molecule has 98 valence electrons. The van der Waals surface area contributed by atoms with Crippen molar-refractivity contribution in [3.8, 4) is 11.4 Å². The van der Waals surface area contributed by atoms with Gasteiger partial charge in [0.25, 0.3) is 0 Å². The number of nitrogens with zero attached hydrogens (tertiary/aromatic N) is 2. The summed E-state index contributed by atoms with van der Waals surface area (Å²) in [7, 11) is 0. The second-order valence-corrected chi connectivity index (χ2v) is 5.68. The van der Waals surface area contributed by atoms with Gasteiger partial charge in [-0.1, -0.05) is 37.3 Å². The van der Waals surface area contributed by atoms with Crippen molar-refractivity contribution in [2.45, 2.75) is 32.7 Å². The van der Waals surface area contributed by atoms with Gasteiger partial charge in [0.15, 0.2) is 5.82 Å². The van der Waals surface area contributed by atoms with Gasteiger partial charge >= 0.3 is 0 Å². The molecule has 0 bridgehead atoms. The molecule has 1 N–H and O–H groups in total. The Kier molecular flexibility index (Phi) is 2.97. The zero-order valence-electron chi connectivity index (χ0n) is 11.4. The van der Waals surface area contributed by atoms with Gasteiger partial charge < -0.3 is 5.32 Å². The van der Waals surface area contributed by atoms with E-state index in [0.29, 0.717) is 11.5 Å². The van der Waals surface area contributed by atoms with Crippen LogP contribution in [0.4, 0.5) is 5.69 Å². The molecule has 0 saturated heterocycles. The number of hydrogen-bond donors (Lipinski definition) is 1. The lowest BCUT2D eigenvalue weighted by molar-refractivity contribution is 0.493. The van der Waals surface area contributed by atoms with Crippen molar-refractivity contribution in [3.05, 3.63) is 42.7 Å². The summed E-state index contributed by atoms with van der Waals surface area (Å²) in [4.78, 5) is 8.86. The highest BCUT2D eigenvalue weighted by Gasteiger charge is 2.42. The lowest BCUT2D eigenvalue weighted by Crippen LogP contribution is -2.25. The van der Waals surface area contributed by atoms with Gasteiger partial charge in [-0.05, 0) is 25.2 Å². The third kappa shape index (κ3) is 2.60. The standard InChI is InChI=1S/C16H19N3/c1-12(16(2)8-9-16)19-14-10-17-15(18-11-14)13-6-4-3-5-7-13/h3-7,10-12,19H,8-9H2,1-2H3. The topological polar surface area (TPSA) is 37.8 Å². The number of anilines is 1. The van der Waals surface area contributed by atoms with Crippen molar-refractivity contribution >= 4 is 5.69 Å². The summed E-state index contributed by atoms with van der Waals surface area (Å²) in [6.45, 7) is 4.56. The van der Waals surface area contributed by atoms with Crippen LogP contribution in [0.1, 0.15) is 26.7 Å². The van der Waals surface area contributed by atoms with E-state index in [9.17, 15) is 0 Å². The van der Waals surface area contributed by atoms with E-state index in [4.69, 9.17) is 0 Å². The van der Waals surface area contributed by atoms with Crippen LogP contribution in [-0.2, 0) is 0 Å². The molecule has 1 heterocycles. The highest BCUT2D eigenvalue weighted by atomic mass is 15.0.